The number of allylic oxidation sites excluding steroid dienone is 1. The van der Waals surface area contributed by atoms with E-state index in [1.165, 1.54) is 19.3 Å². The first-order chi connectivity index (χ1) is 19.2. The molecular weight excluding hydrogens is 528 g/mol. The maximum Gasteiger partial charge on any atom is 0.255 e. The molecule has 0 unspecified atom stereocenters. The number of hydrogen-bond donors (Lipinski definition) is 3. The second-order valence-corrected chi connectivity index (χ2v) is 12.6. The average Bonchev–Trinajstić information content (AvgIpc) is 2.93. The number of amides is 3. The van der Waals surface area contributed by atoms with Crippen LogP contribution in [0, 0.1) is 11.3 Å². The van der Waals surface area contributed by atoms with Gasteiger partial charge in [0.2, 0.25) is 11.8 Å². The second-order valence-electron chi connectivity index (χ2n) is 12.2. The molecule has 1 aromatic carbocycles. The van der Waals surface area contributed by atoms with Crippen LogP contribution in [-0.4, -0.2) is 67.5 Å². The Hall–Kier alpha value is -2.58. The minimum Gasteiger partial charge on any atom is -0.489 e. The lowest BCUT2D eigenvalue weighted by atomic mass is 9.75. The molecule has 1 saturated heterocycles. The van der Waals surface area contributed by atoms with Gasteiger partial charge in [-0.25, -0.2) is 0 Å². The first-order valence-electron chi connectivity index (χ1n) is 14.9. The molecule has 3 aliphatic rings. The van der Waals surface area contributed by atoms with Crippen molar-refractivity contribution in [2.45, 2.75) is 83.7 Å². The van der Waals surface area contributed by atoms with Crippen molar-refractivity contribution in [2.24, 2.45) is 11.3 Å². The summed E-state index contributed by atoms with van der Waals surface area (Å²) in [6, 6.07) is 4.61. The fourth-order valence-corrected chi connectivity index (χ4v) is 6.22. The van der Waals surface area contributed by atoms with Crippen LogP contribution in [0.1, 0.15) is 82.0 Å². The summed E-state index contributed by atoms with van der Waals surface area (Å²) in [5.41, 5.74) is 0.195. The molecule has 40 heavy (non-hydrogen) atoms. The minimum atomic E-state index is -0.668. The van der Waals surface area contributed by atoms with Crippen LogP contribution in [0.4, 0.5) is 0 Å². The Balaban J connectivity index is 1.43. The van der Waals surface area contributed by atoms with Gasteiger partial charge in [-0.2, -0.15) is 0 Å². The molecule has 8 nitrogen and oxygen atoms in total. The highest BCUT2D eigenvalue weighted by Crippen LogP contribution is 2.35. The van der Waals surface area contributed by atoms with Gasteiger partial charge in [0.25, 0.3) is 5.91 Å². The zero-order valence-corrected chi connectivity index (χ0v) is 24.7. The molecule has 0 bridgehead atoms. The minimum absolute atomic E-state index is 0.119. The lowest BCUT2D eigenvalue weighted by molar-refractivity contribution is -0.124. The van der Waals surface area contributed by atoms with Gasteiger partial charge in [0.05, 0.1) is 12.1 Å². The smallest absolute Gasteiger partial charge is 0.255 e. The third-order valence-corrected chi connectivity index (χ3v) is 8.69. The Kier molecular flexibility index (Phi) is 10.9. The quantitative estimate of drug-likeness (QED) is 0.452. The van der Waals surface area contributed by atoms with E-state index < -0.39 is 6.04 Å². The number of halogens is 1. The van der Waals surface area contributed by atoms with E-state index >= 15 is 0 Å². The SMILES string of the molecule is CC(C)C[C@@H]1NC(=O)c2cc(Cl)ccc2OC/C=C/CC2(CCN(CC(=O)NC3CCCCC3)CC2)CNC1=O. The molecule has 9 heteroatoms. The number of nitrogens with one attached hydrogen (secondary N) is 3. The fourth-order valence-electron chi connectivity index (χ4n) is 6.04. The highest BCUT2D eigenvalue weighted by Gasteiger charge is 2.36. The monoisotopic (exact) mass is 572 g/mol. The van der Waals surface area contributed by atoms with Crippen LogP contribution in [-0.2, 0) is 9.59 Å². The molecule has 1 aliphatic carbocycles. The molecule has 2 fully saturated rings. The summed E-state index contributed by atoms with van der Waals surface area (Å²) in [7, 11) is 0. The third-order valence-electron chi connectivity index (χ3n) is 8.46. The van der Waals surface area contributed by atoms with Gasteiger partial charge in [-0.1, -0.05) is 56.9 Å². The molecule has 0 radical (unpaired) electrons. The van der Waals surface area contributed by atoms with Crippen LogP contribution in [0.2, 0.25) is 5.02 Å². The third kappa shape index (κ3) is 8.71. The van der Waals surface area contributed by atoms with Crippen molar-refractivity contribution in [3.05, 3.63) is 40.9 Å². The van der Waals surface area contributed by atoms with Crippen molar-refractivity contribution in [3.63, 3.8) is 0 Å². The molecule has 220 valence electrons. The van der Waals surface area contributed by atoms with E-state index in [1.54, 1.807) is 18.2 Å². The molecule has 1 spiro atoms. The molecule has 2 aliphatic heterocycles. The second kappa shape index (κ2) is 14.4. The predicted octanol–water partition coefficient (Wildman–Crippen LogP) is 4.47. The molecule has 1 aromatic rings. The number of nitrogens with zero attached hydrogens (tertiary/aromatic N) is 1. The summed E-state index contributed by atoms with van der Waals surface area (Å²) in [6.07, 6.45) is 13.0. The van der Waals surface area contributed by atoms with E-state index in [2.05, 4.69) is 26.9 Å². The van der Waals surface area contributed by atoms with Crippen LogP contribution in [0.25, 0.3) is 0 Å². The molecular formula is C31H45ClN4O4. The first kappa shape index (κ1) is 30.4. The Morgan fingerprint density at radius 3 is 2.62 bits per heavy atom. The van der Waals surface area contributed by atoms with E-state index in [1.807, 2.05) is 19.9 Å². The van der Waals surface area contributed by atoms with Gasteiger partial charge in [0.15, 0.2) is 0 Å². The standard InChI is InChI=1S/C31H45ClN4O4/c1-22(2)18-26-30(39)33-21-31(12-6-7-17-40-27-11-10-23(32)19-25(27)29(38)35-26)13-15-36(16-14-31)20-28(37)34-24-8-4-3-5-9-24/h6-7,10-11,19,22,24,26H,3-5,8-9,12-18,20-21H2,1-2H3,(H,33,39)(H,34,37)(H,35,38)/b7-6+/t26-/m0/s1. The Morgan fingerprint density at radius 2 is 1.90 bits per heavy atom. The number of benzene rings is 1. The normalized spacial score (nSPS) is 23.9. The molecule has 1 saturated carbocycles. The fraction of sp³-hybridized carbons (Fsp3) is 0.645. The zero-order chi connectivity index (χ0) is 28.5. The summed E-state index contributed by atoms with van der Waals surface area (Å²) < 4.78 is 5.94. The lowest BCUT2D eigenvalue weighted by Gasteiger charge is -2.42. The van der Waals surface area contributed by atoms with Crippen molar-refractivity contribution in [3.8, 4) is 5.75 Å². The number of carbonyl (C=O) groups excluding carboxylic acids is 3. The maximum atomic E-state index is 13.4. The number of hydrogen-bond acceptors (Lipinski definition) is 5. The summed E-state index contributed by atoms with van der Waals surface area (Å²) in [5, 5.41) is 9.76. The van der Waals surface area contributed by atoms with Crippen LogP contribution in [0.5, 0.6) is 5.75 Å². The molecule has 1 atom stereocenters. The van der Waals surface area contributed by atoms with Gasteiger partial charge >= 0.3 is 0 Å². The lowest BCUT2D eigenvalue weighted by Crippen LogP contribution is -2.52. The van der Waals surface area contributed by atoms with Gasteiger partial charge in [-0.15, -0.1) is 0 Å². The van der Waals surface area contributed by atoms with Gasteiger partial charge in [-0.05, 0) is 81.1 Å². The number of fused-ring (bicyclic) bond motifs is 1. The van der Waals surface area contributed by atoms with E-state index in [-0.39, 0.29) is 29.1 Å². The molecule has 3 N–H and O–H groups in total. The molecule has 3 amide bonds. The van der Waals surface area contributed by atoms with Crippen molar-refractivity contribution < 1.29 is 19.1 Å². The highest BCUT2D eigenvalue weighted by molar-refractivity contribution is 6.31. The maximum absolute atomic E-state index is 13.4. The number of carbonyl (C=O) groups is 3. The van der Waals surface area contributed by atoms with Crippen LogP contribution < -0.4 is 20.7 Å². The van der Waals surface area contributed by atoms with Crippen molar-refractivity contribution >= 4 is 29.3 Å². The van der Waals surface area contributed by atoms with E-state index in [9.17, 15) is 14.4 Å². The van der Waals surface area contributed by atoms with Gasteiger partial charge < -0.3 is 20.7 Å². The molecule has 2 heterocycles. The van der Waals surface area contributed by atoms with Crippen LogP contribution in [0.3, 0.4) is 0 Å². The van der Waals surface area contributed by atoms with Gasteiger partial charge in [0.1, 0.15) is 18.4 Å². The Labute approximate surface area is 243 Å². The molecule has 4 rings (SSSR count). The van der Waals surface area contributed by atoms with Gasteiger partial charge in [0, 0.05) is 17.6 Å². The topological polar surface area (TPSA) is 99.8 Å². The van der Waals surface area contributed by atoms with E-state index in [4.69, 9.17) is 16.3 Å². The van der Waals surface area contributed by atoms with Crippen LogP contribution >= 0.6 is 11.6 Å². The number of ether oxygens (including phenoxy) is 1. The Morgan fingerprint density at radius 1 is 1.15 bits per heavy atom. The van der Waals surface area contributed by atoms with Crippen molar-refractivity contribution in [1.82, 2.24) is 20.9 Å². The van der Waals surface area contributed by atoms with Gasteiger partial charge in [-0.3, -0.25) is 19.3 Å². The summed E-state index contributed by atoms with van der Waals surface area (Å²) in [5.74, 6) is 0.204. The number of rotatable bonds is 5. The molecule has 0 aromatic heterocycles. The zero-order valence-electron chi connectivity index (χ0n) is 24.0. The Bertz CT molecular complexity index is 1060. The van der Waals surface area contributed by atoms with E-state index in [0.717, 1.165) is 45.2 Å². The summed E-state index contributed by atoms with van der Waals surface area (Å²) in [4.78, 5) is 41.5. The first-order valence-corrected chi connectivity index (χ1v) is 15.3. The predicted molar refractivity (Wildman–Crippen MR) is 158 cm³/mol. The van der Waals surface area contributed by atoms with E-state index in [0.29, 0.717) is 48.5 Å². The average molecular weight is 573 g/mol. The highest BCUT2D eigenvalue weighted by atomic mass is 35.5. The number of piperidine rings is 1. The van der Waals surface area contributed by atoms with Crippen molar-refractivity contribution in [1.29, 1.82) is 0 Å². The van der Waals surface area contributed by atoms with Crippen molar-refractivity contribution in [2.75, 3.05) is 32.8 Å². The number of likely N-dealkylation sites (tertiary alicyclic amines) is 1. The summed E-state index contributed by atoms with van der Waals surface area (Å²) >= 11 is 6.17. The largest absolute Gasteiger partial charge is 0.489 e. The summed E-state index contributed by atoms with van der Waals surface area (Å²) in [6.45, 7) is 6.95. The van der Waals surface area contributed by atoms with Crippen LogP contribution in [0.15, 0.2) is 30.4 Å².